The summed E-state index contributed by atoms with van der Waals surface area (Å²) in [4.78, 5) is 0. The Morgan fingerprint density at radius 3 is 2.50 bits per heavy atom. The predicted octanol–water partition coefficient (Wildman–Crippen LogP) is 2.36. The van der Waals surface area contributed by atoms with Gasteiger partial charge in [-0.1, -0.05) is 6.92 Å². The maximum atomic E-state index is 12.2. The molecule has 90 valence electrons. The molecule has 16 heavy (non-hydrogen) atoms. The second-order valence-corrected chi connectivity index (χ2v) is 4.65. The zero-order chi connectivity index (χ0) is 12.2. The van der Waals surface area contributed by atoms with E-state index in [-0.39, 0.29) is 11.9 Å². The number of thioether (sulfide) groups is 1. The Bertz CT molecular complexity index is 329. The van der Waals surface area contributed by atoms with Crippen molar-refractivity contribution in [3.05, 3.63) is 17.8 Å². The maximum Gasteiger partial charge on any atom is 0.435 e. The van der Waals surface area contributed by atoms with E-state index in [1.54, 1.807) is 0 Å². The summed E-state index contributed by atoms with van der Waals surface area (Å²) < 4.78 is 36.5. The van der Waals surface area contributed by atoms with Crippen LogP contribution >= 0.6 is 11.8 Å². The number of hydrogen-bond donors (Lipinski definition) is 1. The van der Waals surface area contributed by atoms with Crippen molar-refractivity contribution < 1.29 is 18.3 Å². The number of alkyl halides is 3. The molecule has 1 aromatic rings. The average molecular weight is 252 g/mol. The van der Waals surface area contributed by atoms with Gasteiger partial charge in [0.25, 0.3) is 0 Å². The molecule has 0 saturated carbocycles. The fraction of sp³-hybridized carbons (Fsp3) is 0.556. The van der Waals surface area contributed by atoms with Gasteiger partial charge in [-0.15, -0.1) is 22.0 Å². The number of hydrogen-bond acceptors (Lipinski definition) is 4. The van der Waals surface area contributed by atoms with Crippen molar-refractivity contribution in [2.45, 2.75) is 29.8 Å². The maximum absolute atomic E-state index is 12.2. The van der Waals surface area contributed by atoms with E-state index >= 15 is 0 Å². The Kier molecular flexibility index (Phi) is 4.55. The quantitative estimate of drug-likeness (QED) is 0.835. The van der Waals surface area contributed by atoms with Crippen molar-refractivity contribution >= 4 is 11.8 Å². The van der Waals surface area contributed by atoms with Crippen LogP contribution in [-0.2, 0) is 6.18 Å². The van der Waals surface area contributed by atoms with E-state index in [1.807, 2.05) is 6.92 Å². The molecule has 0 saturated heterocycles. The molecule has 1 atom stereocenters. The third-order valence-corrected chi connectivity index (χ3v) is 2.89. The molecule has 7 heteroatoms. The minimum Gasteiger partial charge on any atom is -0.396 e. The van der Waals surface area contributed by atoms with Gasteiger partial charge < -0.3 is 5.11 Å². The second kappa shape index (κ2) is 5.49. The van der Waals surface area contributed by atoms with Crippen molar-refractivity contribution in [1.82, 2.24) is 10.2 Å². The van der Waals surface area contributed by atoms with Crippen LogP contribution in [0.2, 0.25) is 0 Å². The predicted molar refractivity (Wildman–Crippen MR) is 54.1 cm³/mol. The van der Waals surface area contributed by atoms with Gasteiger partial charge in [0, 0.05) is 11.9 Å². The molecule has 0 aliphatic heterocycles. The van der Waals surface area contributed by atoms with Crippen molar-refractivity contribution in [3.63, 3.8) is 0 Å². The summed E-state index contributed by atoms with van der Waals surface area (Å²) in [6.45, 7) is 1.91. The van der Waals surface area contributed by atoms with E-state index in [0.717, 1.165) is 6.07 Å². The van der Waals surface area contributed by atoms with Crippen molar-refractivity contribution in [2.75, 3.05) is 6.61 Å². The normalized spacial score (nSPS) is 13.8. The van der Waals surface area contributed by atoms with Gasteiger partial charge in [-0.05, 0) is 18.6 Å². The lowest BCUT2D eigenvalue weighted by molar-refractivity contribution is -0.141. The van der Waals surface area contributed by atoms with Crippen LogP contribution in [0.25, 0.3) is 0 Å². The molecule has 0 aromatic carbocycles. The summed E-state index contributed by atoms with van der Waals surface area (Å²) in [5, 5.41) is 15.8. The summed E-state index contributed by atoms with van der Waals surface area (Å²) >= 11 is 1.29. The van der Waals surface area contributed by atoms with E-state index in [4.69, 9.17) is 5.11 Å². The Morgan fingerprint density at radius 1 is 1.38 bits per heavy atom. The second-order valence-electron chi connectivity index (χ2n) is 3.20. The molecular formula is C9H11F3N2OS. The molecule has 0 fully saturated rings. The minimum atomic E-state index is -4.45. The van der Waals surface area contributed by atoms with E-state index in [2.05, 4.69) is 10.2 Å². The molecule has 0 amide bonds. The summed E-state index contributed by atoms with van der Waals surface area (Å²) in [7, 11) is 0. The van der Waals surface area contributed by atoms with E-state index in [0.29, 0.717) is 11.4 Å². The molecular weight excluding hydrogens is 241 g/mol. The van der Waals surface area contributed by atoms with Gasteiger partial charge >= 0.3 is 6.18 Å². The number of aromatic nitrogens is 2. The van der Waals surface area contributed by atoms with Gasteiger partial charge in [-0.25, -0.2) is 0 Å². The summed E-state index contributed by atoms with van der Waals surface area (Å²) in [5.41, 5.74) is -0.994. The van der Waals surface area contributed by atoms with Crippen molar-refractivity contribution in [3.8, 4) is 0 Å². The molecule has 3 nitrogen and oxygen atoms in total. The third kappa shape index (κ3) is 3.97. The van der Waals surface area contributed by atoms with E-state index in [1.165, 1.54) is 17.8 Å². The lowest BCUT2D eigenvalue weighted by Gasteiger charge is -2.08. The lowest BCUT2D eigenvalue weighted by Crippen LogP contribution is -2.09. The SMILES string of the molecule is CC(CCO)Sc1ccc(C(F)(F)F)nn1. The van der Waals surface area contributed by atoms with Gasteiger partial charge in [-0.2, -0.15) is 13.2 Å². The highest BCUT2D eigenvalue weighted by atomic mass is 32.2. The Balaban J connectivity index is 2.65. The van der Waals surface area contributed by atoms with Gasteiger partial charge in [-0.3, -0.25) is 0 Å². The zero-order valence-corrected chi connectivity index (χ0v) is 9.35. The van der Waals surface area contributed by atoms with Gasteiger partial charge in [0.15, 0.2) is 5.69 Å². The molecule has 0 radical (unpaired) electrons. The number of halogens is 3. The highest BCUT2D eigenvalue weighted by Gasteiger charge is 2.32. The number of nitrogens with zero attached hydrogens (tertiary/aromatic N) is 2. The highest BCUT2D eigenvalue weighted by molar-refractivity contribution is 7.99. The Labute approximate surface area is 95.1 Å². The smallest absolute Gasteiger partial charge is 0.396 e. The molecule has 1 aromatic heterocycles. The number of rotatable bonds is 4. The molecule has 0 aliphatic carbocycles. The van der Waals surface area contributed by atoms with Crippen LogP contribution in [-0.4, -0.2) is 27.2 Å². The van der Waals surface area contributed by atoms with Crippen molar-refractivity contribution in [2.24, 2.45) is 0 Å². The van der Waals surface area contributed by atoms with Crippen LogP contribution in [0.4, 0.5) is 13.2 Å². The van der Waals surface area contributed by atoms with Gasteiger partial charge in [0.1, 0.15) is 5.03 Å². The molecule has 1 N–H and O–H groups in total. The Morgan fingerprint density at radius 2 is 2.06 bits per heavy atom. The topological polar surface area (TPSA) is 46.0 Å². The first-order chi connectivity index (χ1) is 7.43. The summed E-state index contributed by atoms with van der Waals surface area (Å²) in [5.74, 6) is 0. The average Bonchev–Trinajstić information content (AvgIpc) is 2.17. The number of aliphatic hydroxyl groups excluding tert-OH is 1. The first-order valence-electron chi connectivity index (χ1n) is 4.62. The summed E-state index contributed by atoms with van der Waals surface area (Å²) in [6, 6.07) is 2.19. The number of aliphatic hydroxyl groups is 1. The van der Waals surface area contributed by atoms with Crippen LogP contribution in [0.5, 0.6) is 0 Å². The molecule has 0 bridgehead atoms. The molecule has 1 unspecified atom stereocenters. The standard InChI is InChI=1S/C9H11F3N2OS/c1-6(4-5-15)16-8-3-2-7(13-14-8)9(10,11)12/h2-3,6,15H,4-5H2,1H3. The molecule has 0 aliphatic rings. The highest BCUT2D eigenvalue weighted by Crippen LogP contribution is 2.28. The first kappa shape index (κ1) is 13.2. The van der Waals surface area contributed by atoms with Gasteiger partial charge in [0.05, 0.1) is 0 Å². The molecule has 0 spiro atoms. The van der Waals surface area contributed by atoms with E-state index in [9.17, 15) is 13.2 Å². The fourth-order valence-electron chi connectivity index (χ4n) is 0.981. The van der Waals surface area contributed by atoms with Crippen LogP contribution in [0.1, 0.15) is 19.0 Å². The van der Waals surface area contributed by atoms with Crippen LogP contribution in [0, 0.1) is 0 Å². The molecule has 1 rings (SSSR count). The lowest BCUT2D eigenvalue weighted by atomic mass is 10.3. The fourth-order valence-corrected chi connectivity index (χ4v) is 1.85. The van der Waals surface area contributed by atoms with Gasteiger partial charge in [0.2, 0.25) is 0 Å². The third-order valence-electron chi connectivity index (χ3n) is 1.79. The Hall–Kier alpha value is -0.820. The van der Waals surface area contributed by atoms with Crippen molar-refractivity contribution in [1.29, 1.82) is 0 Å². The monoisotopic (exact) mass is 252 g/mol. The minimum absolute atomic E-state index is 0.0439. The zero-order valence-electron chi connectivity index (χ0n) is 8.53. The summed E-state index contributed by atoms with van der Waals surface area (Å²) in [6.07, 6.45) is -3.89. The van der Waals surface area contributed by atoms with Crippen LogP contribution in [0.15, 0.2) is 17.2 Å². The van der Waals surface area contributed by atoms with E-state index < -0.39 is 11.9 Å². The first-order valence-corrected chi connectivity index (χ1v) is 5.50. The molecule has 1 heterocycles. The van der Waals surface area contributed by atoms with Crippen LogP contribution in [0.3, 0.4) is 0 Å². The largest absolute Gasteiger partial charge is 0.435 e. The van der Waals surface area contributed by atoms with Crippen LogP contribution < -0.4 is 0 Å².